The van der Waals surface area contributed by atoms with Crippen LogP contribution in [0.1, 0.15) is 51.4 Å². The van der Waals surface area contributed by atoms with Crippen LogP contribution >= 0.6 is 0 Å². The van der Waals surface area contributed by atoms with Gasteiger partial charge in [0.2, 0.25) is 5.91 Å². The van der Waals surface area contributed by atoms with Gasteiger partial charge in [-0.05, 0) is 37.2 Å². The molecule has 1 saturated carbocycles. The van der Waals surface area contributed by atoms with E-state index in [9.17, 15) is 4.79 Å². The second-order valence-corrected chi connectivity index (χ2v) is 5.48. The lowest BCUT2D eigenvalue weighted by molar-refractivity contribution is -0.129. The van der Waals surface area contributed by atoms with E-state index in [1.807, 2.05) is 4.90 Å². The maximum absolute atomic E-state index is 11.7. The number of amides is 1. The van der Waals surface area contributed by atoms with Crippen LogP contribution in [0.5, 0.6) is 0 Å². The smallest absolute Gasteiger partial charge is 0.245 e. The maximum Gasteiger partial charge on any atom is 0.245 e. The summed E-state index contributed by atoms with van der Waals surface area (Å²) in [4.78, 5) is 13.7. The Morgan fingerprint density at radius 3 is 2.31 bits per heavy atom. The average Bonchev–Trinajstić information content (AvgIpc) is 2.54. The van der Waals surface area contributed by atoms with Gasteiger partial charge in [-0.15, -0.1) is 0 Å². The number of hydrogen-bond donors (Lipinski definition) is 0. The van der Waals surface area contributed by atoms with E-state index in [1.165, 1.54) is 57.4 Å². The van der Waals surface area contributed by atoms with Gasteiger partial charge in [-0.1, -0.05) is 32.3 Å². The molecule has 1 aliphatic heterocycles. The van der Waals surface area contributed by atoms with Crippen LogP contribution in [0, 0.1) is 5.41 Å². The van der Waals surface area contributed by atoms with Crippen molar-refractivity contribution in [1.29, 1.82) is 0 Å². The molecule has 0 aromatic rings. The van der Waals surface area contributed by atoms with Gasteiger partial charge in [0.1, 0.15) is 0 Å². The topological polar surface area (TPSA) is 20.3 Å². The first kappa shape index (κ1) is 11.7. The molecule has 0 unspecified atom stereocenters. The van der Waals surface area contributed by atoms with E-state index in [0.717, 1.165) is 13.1 Å². The third kappa shape index (κ3) is 2.47. The van der Waals surface area contributed by atoms with Gasteiger partial charge in [0.15, 0.2) is 0 Å². The quantitative estimate of drug-likeness (QED) is 0.623. The second-order valence-electron chi connectivity index (χ2n) is 5.48. The van der Waals surface area contributed by atoms with E-state index >= 15 is 0 Å². The first-order chi connectivity index (χ1) is 7.76. The predicted octanol–water partition coefficient (Wildman–Crippen LogP) is 3.14. The molecule has 2 rings (SSSR count). The van der Waals surface area contributed by atoms with Crippen molar-refractivity contribution in [2.75, 3.05) is 13.1 Å². The normalized spacial score (nSPS) is 25.1. The highest BCUT2D eigenvalue weighted by Crippen LogP contribution is 2.42. The minimum atomic E-state index is 0.128. The number of nitrogens with zero attached hydrogens (tertiary/aromatic N) is 1. The Hall–Kier alpha value is -0.790. The summed E-state index contributed by atoms with van der Waals surface area (Å²) in [6, 6.07) is 0. The third-order valence-electron chi connectivity index (χ3n) is 4.31. The van der Waals surface area contributed by atoms with Crippen molar-refractivity contribution >= 4 is 5.91 Å². The van der Waals surface area contributed by atoms with Gasteiger partial charge in [0.25, 0.3) is 0 Å². The van der Waals surface area contributed by atoms with Crippen molar-refractivity contribution in [2.45, 2.75) is 51.4 Å². The summed E-state index contributed by atoms with van der Waals surface area (Å²) < 4.78 is 0. The van der Waals surface area contributed by atoms with E-state index in [1.54, 1.807) is 0 Å². The summed E-state index contributed by atoms with van der Waals surface area (Å²) in [7, 11) is 0. The minimum absolute atomic E-state index is 0.128. The monoisotopic (exact) mass is 221 g/mol. The molecule has 0 radical (unpaired) electrons. The van der Waals surface area contributed by atoms with Crippen LogP contribution in [0.3, 0.4) is 0 Å². The Morgan fingerprint density at radius 2 is 1.69 bits per heavy atom. The number of piperidine rings is 1. The van der Waals surface area contributed by atoms with Crippen molar-refractivity contribution in [3.8, 4) is 0 Å². The fourth-order valence-electron chi connectivity index (χ4n) is 3.41. The van der Waals surface area contributed by atoms with Crippen LogP contribution in [0.15, 0.2) is 12.7 Å². The highest BCUT2D eigenvalue weighted by molar-refractivity contribution is 5.87. The summed E-state index contributed by atoms with van der Waals surface area (Å²) in [5.74, 6) is 0.128. The molecule has 0 aromatic heterocycles. The van der Waals surface area contributed by atoms with E-state index < -0.39 is 0 Å². The molecule has 2 heteroatoms. The second kappa shape index (κ2) is 5.03. The summed E-state index contributed by atoms with van der Waals surface area (Å²) in [6.45, 7) is 5.52. The van der Waals surface area contributed by atoms with E-state index in [0.29, 0.717) is 5.41 Å². The number of rotatable bonds is 1. The van der Waals surface area contributed by atoms with Crippen LogP contribution in [-0.2, 0) is 4.79 Å². The molecular weight excluding hydrogens is 198 g/mol. The van der Waals surface area contributed by atoms with Crippen LogP contribution in [0.25, 0.3) is 0 Å². The minimum Gasteiger partial charge on any atom is -0.339 e. The Morgan fingerprint density at radius 1 is 1.06 bits per heavy atom. The molecule has 1 heterocycles. The van der Waals surface area contributed by atoms with Crippen LogP contribution < -0.4 is 0 Å². The van der Waals surface area contributed by atoms with Crippen molar-refractivity contribution in [3.63, 3.8) is 0 Å². The Kier molecular flexibility index (Phi) is 3.67. The molecule has 16 heavy (non-hydrogen) atoms. The van der Waals surface area contributed by atoms with Gasteiger partial charge in [-0.2, -0.15) is 0 Å². The average molecular weight is 221 g/mol. The number of likely N-dealkylation sites (tertiary alicyclic amines) is 1. The number of carbonyl (C=O) groups excluding carboxylic acids is 1. The van der Waals surface area contributed by atoms with Crippen molar-refractivity contribution < 1.29 is 4.79 Å². The van der Waals surface area contributed by atoms with Crippen molar-refractivity contribution in [2.24, 2.45) is 5.41 Å². The lowest BCUT2D eigenvalue weighted by atomic mass is 9.74. The van der Waals surface area contributed by atoms with Gasteiger partial charge >= 0.3 is 0 Å². The first-order valence-corrected chi connectivity index (χ1v) is 6.67. The zero-order valence-corrected chi connectivity index (χ0v) is 10.2. The maximum atomic E-state index is 11.7. The fourth-order valence-corrected chi connectivity index (χ4v) is 3.41. The van der Waals surface area contributed by atoms with E-state index in [2.05, 4.69) is 6.58 Å². The van der Waals surface area contributed by atoms with Crippen LogP contribution in [0.2, 0.25) is 0 Å². The Labute approximate surface area is 98.7 Å². The summed E-state index contributed by atoms with van der Waals surface area (Å²) in [6.07, 6.45) is 12.1. The van der Waals surface area contributed by atoms with E-state index in [-0.39, 0.29) is 5.91 Å². The summed E-state index contributed by atoms with van der Waals surface area (Å²) in [5, 5.41) is 0. The van der Waals surface area contributed by atoms with Crippen molar-refractivity contribution in [1.82, 2.24) is 4.90 Å². The highest BCUT2D eigenvalue weighted by Gasteiger charge is 2.36. The molecular formula is C14H23NO. The standard InChI is InChI=1S/C14H23NO/c1-2-13(16)15-11-7-10-14(12-15)8-5-3-4-6-9-14/h2H,1,3-12H2. The molecule has 1 saturated heterocycles. The van der Waals surface area contributed by atoms with Crippen LogP contribution in [-0.4, -0.2) is 23.9 Å². The van der Waals surface area contributed by atoms with Gasteiger partial charge < -0.3 is 4.90 Å². The lowest BCUT2D eigenvalue weighted by Gasteiger charge is -2.42. The predicted molar refractivity (Wildman–Crippen MR) is 66.1 cm³/mol. The van der Waals surface area contributed by atoms with Crippen LogP contribution in [0.4, 0.5) is 0 Å². The van der Waals surface area contributed by atoms with E-state index in [4.69, 9.17) is 0 Å². The molecule has 1 aliphatic carbocycles. The molecule has 1 spiro atoms. The lowest BCUT2D eigenvalue weighted by Crippen LogP contribution is -2.45. The summed E-state index contributed by atoms with van der Waals surface area (Å²) in [5.41, 5.74) is 0.452. The zero-order chi connectivity index (χ0) is 11.4. The van der Waals surface area contributed by atoms with Crippen molar-refractivity contribution in [3.05, 3.63) is 12.7 Å². The molecule has 1 amide bonds. The molecule has 0 atom stereocenters. The third-order valence-corrected chi connectivity index (χ3v) is 4.31. The molecule has 2 nitrogen and oxygen atoms in total. The molecule has 90 valence electrons. The number of carbonyl (C=O) groups is 1. The Balaban J connectivity index is 2.03. The SMILES string of the molecule is C=CC(=O)N1CCCC2(CCCCCC2)C1. The molecule has 2 aliphatic rings. The van der Waals surface area contributed by atoms with Gasteiger partial charge in [0.05, 0.1) is 0 Å². The number of hydrogen-bond acceptors (Lipinski definition) is 1. The molecule has 0 N–H and O–H groups in total. The van der Waals surface area contributed by atoms with Gasteiger partial charge in [-0.25, -0.2) is 0 Å². The molecule has 0 bridgehead atoms. The molecule has 0 aromatic carbocycles. The molecule has 2 fully saturated rings. The fraction of sp³-hybridized carbons (Fsp3) is 0.786. The summed E-state index contributed by atoms with van der Waals surface area (Å²) >= 11 is 0. The first-order valence-electron chi connectivity index (χ1n) is 6.67. The zero-order valence-electron chi connectivity index (χ0n) is 10.2. The van der Waals surface area contributed by atoms with Gasteiger partial charge in [0, 0.05) is 13.1 Å². The largest absolute Gasteiger partial charge is 0.339 e. The highest BCUT2D eigenvalue weighted by atomic mass is 16.2. The Bertz CT molecular complexity index is 264. The van der Waals surface area contributed by atoms with Gasteiger partial charge in [-0.3, -0.25) is 4.79 Å².